The number of carbonyl (C=O) groups is 1. The molecule has 2 aliphatic rings. The minimum atomic E-state index is -4.56. The number of rotatable bonds is 12. The van der Waals surface area contributed by atoms with Gasteiger partial charge < -0.3 is 24.7 Å². The standard InChI is InChI=1S/C43H42N6O7S/c1-28-22-31(10-14-38(28)48-19-5-8-39(48)30-6-3-2-4-7-30)32-9-12-36(41(24-32)56-34-23-33-15-18-44-42(33)46-27-34)43(50)47-57(53,54)35-11-13-37(40(25-35)49(51)52)45-26-29-16-20-55-21-17-29/h2-4,6-7,9-15,18,22-25,27,29,39,45H,5,8,16-17,19-21,26H2,1H3,(H,44,46)(H,47,50). The van der Waals surface area contributed by atoms with E-state index in [-0.39, 0.29) is 22.9 Å². The SMILES string of the molecule is Cc1cc(-c2ccc(C(=O)NS(=O)(=O)c3ccc(NCC4CCOCC4)c([N+](=O)[O-])c3)c(Oc3cnc4[nH]ccc4c3)c2)ccc1N1CCCC1c1ccccc1. The van der Waals surface area contributed by atoms with Crippen LogP contribution in [0.4, 0.5) is 17.1 Å². The lowest BCUT2D eigenvalue weighted by atomic mass is 9.99. The van der Waals surface area contributed by atoms with Crippen LogP contribution >= 0.6 is 0 Å². The predicted molar refractivity (Wildman–Crippen MR) is 218 cm³/mol. The topological polar surface area (TPSA) is 169 Å². The van der Waals surface area contributed by atoms with Gasteiger partial charge in [-0.2, -0.15) is 0 Å². The Morgan fingerprint density at radius 3 is 2.56 bits per heavy atom. The van der Waals surface area contributed by atoms with E-state index in [1.165, 1.54) is 30.0 Å². The monoisotopic (exact) mass is 786 g/mol. The Bertz CT molecular complexity index is 2550. The smallest absolute Gasteiger partial charge is 0.293 e. The number of hydrogen-bond donors (Lipinski definition) is 3. The van der Waals surface area contributed by atoms with Crippen molar-refractivity contribution in [1.29, 1.82) is 0 Å². The van der Waals surface area contributed by atoms with Crippen molar-refractivity contribution < 1.29 is 27.6 Å². The first-order valence-electron chi connectivity index (χ1n) is 19.0. The van der Waals surface area contributed by atoms with E-state index in [2.05, 4.69) is 68.2 Å². The Kier molecular flexibility index (Phi) is 10.6. The second-order valence-electron chi connectivity index (χ2n) is 14.5. The highest BCUT2D eigenvalue weighted by Crippen LogP contribution is 2.40. The first kappa shape index (κ1) is 37.7. The van der Waals surface area contributed by atoms with Crippen molar-refractivity contribution in [2.75, 3.05) is 36.5 Å². The van der Waals surface area contributed by atoms with Crippen molar-refractivity contribution in [1.82, 2.24) is 14.7 Å². The van der Waals surface area contributed by atoms with Crippen molar-refractivity contribution >= 4 is 44.0 Å². The fraction of sp³-hybridized carbons (Fsp3) is 0.256. The molecule has 1 atom stereocenters. The number of benzene rings is 4. The molecule has 3 N–H and O–H groups in total. The lowest BCUT2D eigenvalue weighted by Gasteiger charge is -2.29. The van der Waals surface area contributed by atoms with Gasteiger partial charge in [-0.3, -0.25) is 14.9 Å². The molecule has 2 fully saturated rings. The fourth-order valence-corrected chi connectivity index (χ4v) is 8.72. The molecule has 8 rings (SSSR count). The average Bonchev–Trinajstić information content (AvgIpc) is 3.91. The minimum absolute atomic E-state index is 0.0585. The van der Waals surface area contributed by atoms with Gasteiger partial charge in [0.15, 0.2) is 0 Å². The Hall–Kier alpha value is -6.25. The third kappa shape index (κ3) is 8.18. The molecule has 57 heavy (non-hydrogen) atoms. The Balaban J connectivity index is 1.08. The van der Waals surface area contributed by atoms with Gasteiger partial charge >= 0.3 is 0 Å². The van der Waals surface area contributed by atoms with Gasteiger partial charge in [0, 0.05) is 49.6 Å². The summed E-state index contributed by atoms with van der Waals surface area (Å²) in [5, 5.41) is 15.9. The van der Waals surface area contributed by atoms with Crippen LogP contribution in [0.5, 0.6) is 11.5 Å². The van der Waals surface area contributed by atoms with Gasteiger partial charge in [-0.1, -0.05) is 42.5 Å². The van der Waals surface area contributed by atoms with Crippen LogP contribution < -0.4 is 19.7 Å². The van der Waals surface area contributed by atoms with Crippen LogP contribution in [0, 0.1) is 23.0 Å². The van der Waals surface area contributed by atoms with Crippen molar-refractivity contribution in [3.63, 3.8) is 0 Å². The molecule has 1 unspecified atom stereocenters. The highest BCUT2D eigenvalue weighted by Gasteiger charge is 2.29. The van der Waals surface area contributed by atoms with E-state index < -0.39 is 31.4 Å². The summed E-state index contributed by atoms with van der Waals surface area (Å²) in [5.74, 6) is -0.260. The number of H-pyrrole nitrogens is 1. The molecule has 0 aliphatic carbocycles. The van der Waals surface area contributed by atoms with E-state index >= 15 is 0 Å². The summed E-state index contributed by atoms with van der Waals surface area (Å²) in [6.45, 7) is 4.77. The van der Waals surface area contributed by atoms with Gasteiger partial charge in [0.2, 0.25) is 0 Å². The van der Waals surface area contributed by atoms with Crippen molar-refractivity contribution in [2.24, 2.45) is 5.92 Å². The number of aromatic nitrogens is 2. The number of nitrogens with zero attached hydrogens (tertiary/aromatic N) is 3. The van der Waals surface area contributed by atoms with Crippen molar-refractivity contribution in [3.8, 4) is 22.6 Å². The molecule has 2 aromatic heterocycles. The molecule has 0 spiro atoms. The molecule has 4 aromatic carbocycles. The van der Waals surface area contributed by atoms with E-state index in [0.29, 0.717) is 37.2 Å². The van der Waals surface area contributed by atoms with E-state index in [1.54, 1.807) is 24.4 Å². The maximum absolute atomic E-state index is 13.9. The van der Waals surface area contributed by atoms with E-state index in [1.807, 2.05) is 18.2 Å². The molecular formula is C43H42N6O7S. The van der Waals surface area contributed by atoms with Crippen LogP contribution in [-0.4, -0.2) is 55.5 Å². The second kappa shape index (κ2) is 16.1. The number of nitro groups is 1. The normalized spacial score (nSPS) is 16.1. The number of nitro benzene ring substituents is 1. The van der Waals surface area contributed by atoms with Crippen LogP contribution in [0.2, 0.25) is 0 Å². The zero-order valence-corrected chi connectivity index (χ0v) is 32.1. The van der Waals surface area contributed by atoms with Gasteiger partial charge in [0.1, 0.15) is 22.8 Å². The van der Waals surface area contributed by atoms with Crippen molar-refractivity contribution in [3.05, 3.63) is 136 Å². The van der Waals surface area contributed by atoms with Gasteiger partial charge in [-0.15, -0.1) is 0 Å². The zero-order chi connectivity index (χ0) is 39.5. The summed E-state index contributed by atoms with van der Waals surface area (Å²) < 4.78 is 41.0. The highest BCUT2D eigenvalue weighted by atomic mass is 32.2. The number of pyridine rings is 1. The van der Waals surface area contributed by atoms with E-state index in [4.69, 9.17) is 9.47 Å². The molecule has 292 valence electrons. The third-order valence-corrected chi connectivity index (χ3v) is 12.1. The van der Waals surface area contributed by atoms with Crippen molar-refractivity contribution in [2.45, 2.75) is 43.5 Å². The molecule has 4 heterocycles. The number of amides is 1. The lowest BCUT2D eigenvalue weighted by molar-refractivity contribution is -0.384. The summed E-state index contributed by atoms with van der Waals surface area (Å²) >= 11 is 0. The van der Waals surface area contributed by atoms with E-state index in [9.17, 15) is 23.3 Å². The number of fused-ring (bicyclic) bond motifs is 1. The van der Waals surface area contributed by atoms with Gasteiger partial charge in [-0.05, 0) is 109 Å². The maximum Gasteiger partial charge on any atom is 0.293 e. The molecule has 0 saturated carbocycles. The van der Waals surface area contributed by atoms with Crippen LogP contribution in [0.15, 0.2) is 114 Å². The number of aromatic amines is 1. The van der Waals surface area contributed by atoms with Crippen LogP contribution in [0.25, 0.3) is 22.2 Å². The Morgan fingerprint density at radius 1 is 0.982 bits per heavy atom. The van der Waals surface area contributed by atoms with Gasteiger partial charge in [-0.25, -0.2) is 18.1 Å². The Morgan fingerprint density at radius 2 is 1.77 bits per heavy atom. The van der Waals surface area contributed by atoms with Crippen LogP contribution in [-0.2, 0) is 14.8 Å². The largest absolute Gasteiger partial charge is 0.455 e. The highest BCUT2D eigenvalue weighted by molar-refractivity contribution is 7.90. The quantitative estimate of drug-likeness (QED) is 0.0808. The lowest BCUT2D eigenvalue weighted by Crippen LogP contribution is -2.31. The fourth-order valence-electron chi connectivity index (χ4n) is 7.73. The Labute approximate surface area is 330 Å². The van der Waals surface area contributed by atoms with Crippen LogP contribution in [0.1, 0.15) is 53.2 Å². The molecule has 1 amide bonds. The molecule has 0 bridgehead atoms. The minimum Gasteiger partial charge on any atom is -0.455 e. The summed E-state index contributed by atoms with van der Waals surface area (Å²) in [5.41, 5.74) is 5.53. The van der Waals surface area contributed by atoms with Gasteiger partial charge in [0.05, 0.1) is 27.6 Å². The molecule has 13 nitrogen and oxygen atoms in total. The molecule has 6 aromatic rings. The average molecular weight is 787 g/mol. The second-order valence-corrected chi connectivity index (χ2v) is 16.2. The summed E-state index contributed by atoms with van der Waals surface area (Å²) in [6, 6.07) is 29.2. The van der Waals surface area contributed by atoms with Crippen LogP contribution in [0.3, 0.4) is 0 Å². The molecule has 2 aliphatic heterocycles. The first-order chi connectivity index (χ1) is 27.6. The first-order valence-corrected chi connectivity index (χ1v) is 20.5. The van der Waals surface area contributed by atoms with E-state index in [0.717, 1.165) is 66.1 Å². The number of hydrogen-bond acceptors (Lipinski definition) is 10. The number of sulfonamides is 1. The number of ether oxygens (including phenoxy) is 2. The molecule has 0 radical (unpaired) electrons. The zero-order valence-electron chi connectivity index (χ0n) is 31.3. The number of carbonyl (C=O) groups excluding carboxylic acids is 1. The molecule has 14 heteroatoms. The number of aryl methyl sites for hydroxylation is 1. The van der Waals surface area contributed by atoms with Gasteiger partial charge in [0.25, 0.3) is 21.6 Å². The summed E-state index contributed by atoms with van der Waals surface area (Å²) in [4.78, 5) is 34.7. The maximum atomic E-state index is 13.9. The third-order valence-electron chi connectivity index (χ3n) is 10.7. The molecular weight excluding hydrogens is 745 g/mol. The number of nitrogens with one attached hydrogen (secondary N) is 3. The summed E-state index contributed by atoms with van der Waals surface area (Å²) in [7, 11) is -4.56. The number of anilines is 2. The summed E-state index contributed by atoms with van der Waals surface area (Å²) in [6.07, 6.45) is 7.08. The predicted octanol–water partition coefficient (Wildman–Crippen LogP) is 8.54. The molecule has 2 saturated heterocycles.